The summed E-state index contributed by atoms with van der Waals surface area (Å²) >= 11 is 0. The van der Waals surface area contributed by atoms with Gasteiger partial charge < -0.3 is 14.7 Å². The van der Waals surface area contributed by atoms with Gasteiger partial charge in [0.1, 0.15) is 5.75 Å². The van der Waals surface area contributed by atoms with Crippen molar-refractivity contribution in [1.29, 1.82) is 0 Å². The van der Waals surface area contributed by atoms with Gasteiger partial charge in [-0.25, -0.2) is 0 Å². The van der Waals surface area contributed by atoms with Crippen molar-refractivity contribution in [1.82, 2.24) is 4.90 Å². The summed E-state index contributed by atoms with van der Waals surface area (Å²) < 4.78 is 5.52. The van der Waals surface area contributed by atoms with Crippen LogP contribution < -0.4 is 4.74 Å². The Bertz CT molecular complexity index is 418. The third kappa shape index (κ3) is 3.47. The largest absolute Gasteiger partial charge is 0.483 e. The summed E-state index contributed by atoms with van der Waals surface area (Å²) in [6.07, 6.45) is 0. The van der Waals surface area contributed by atoms with E-state index in [0.29, 0.717) is 0 Å². The lowest BCUT2D eigenvalue weighted by molar-refractivity contribution is -0.134. The van der Waals surface area contributed by atoms with Gasteiger partial charge in [-0.1, -0.05) is 12.1 Å². The van der Waals surface area contributed by atoms with Gasteiger partial charge in [-0.05, 0) is 38.0 Å². The van der Waals surface area contributed by atoms with Crippen molar-refractivity contribution in [3.05, 3.63) is 29.3 Å². The minimum absolute atomic E-state index is 0.00880. The molecule has 0 bridgehead atoms. The van der Waals surface area contributed by atoms with Gasteiger partial charge in [0.2, 0.25) is 0 Å². The van der Waals surface area contributed by atoms with E-state index in [-0.39, 0.29) is 25.2 Å². The second-order valence-electron chi connectivity index (χ2n) is 4.52. The molecule has 0 radical (unpaired) electrons. The Morgan fingerprint density at radius 2 is 2.11 bits per heavy atom. The van der Waals surface area contributed by atoms with Crippen molar-refractivity contribution in [2.75, 3.05) is 20.3 Å². The summed E-state index contributed by atoms with van der Waals surface area (Å²) in [5, 5.41) is 8.99. The normalized spacial score (nSPS) is 12.1. The quantitative estimate of drug-likeness (QED) is 0.863. The van der Waals surface area contributed by atoms with E-state index >= 15 is 0 Å². The molecule has 18 heavy (non-hydrogen) atoms. The third-order valence-corrected chi connectivity index (χ3v) is 3.22. The van der Waals surface area contributed by atoms with Crippen LogP contribution in [0.5, 0.6) is 5.75 Å². The van der Waals surface area contributed by atoms with Gasteiger partial charge in [0.15, 0.2) is 6.61 Å². The number of amides is 1. The molecule has 100 valence electrons. The third-order valence-electron chi connectivity index (χ3n) is 3.22. The van der Waals surface area contributed by atoms with Crippen LogP contribution in [0.4, 0.5) is 0 Å². The van der Waals surface area contributed by atoms with Crippen LogP contribution in [0.1, 0.15) is 18.1 Å². The van der Waals surface area contributed by atoms with E-state index in [9.17, 15) is 4.79 Å². The Hall–Kier alpha value is -1.55. The Kier molecular flexibility index (Phi) is 5.16. The first kappa shape index (κ1) is 14.5. The van der Waals surface area contributed by atoms with Gasteiger partial charge >= 0.3 is 0 Å². The number of rotatable bonds is 5. The van der Waals surface area contributed by atoms with Crippen LogP contribution in [0.3, 0.4) is 0 Å². The summed E-state index contributed by atoms with van der Waals surface area (Å²) in [5.74, 6) is 0.589. The number of aliphatic hydroxyl groups is 1. The van der Waals surface area contributed by atoms with Crippen molar-refractivity contribution in [3.63, 3.8) is 0 Å². The summed E-state index contributed by atoms with van der Waals surface area (Å²) in [4.78, 5) is 13.3. The monoisotopic (exact) mass is 251 g/mol. The topological polar surface area (TPSA) is 49.8 Å². The van der Waals surface area contributed by atoms with Crippen molar-refractivity contribution >= 4 is 5.91 Å². The molecule has 0 fully saturated rings. The van der Waals surface area contributed by atoms with E-state index in [1.807, 2.05) is 32.0 Å². The zero-order valence-corrected chi connectivity index (χ0v) is 11.4. The number of hydrogen-bond donors (Lipinski definition) is 1. The van der Waals surface area contributed by atoms with Crippen molar-refractivity contribution in [3.8, 4) is 5.75 Å². The second-order valence-corrected chi connectivity index (χ2v) is 4.52. The molecule has 0 heterocycles. The maximum atomic E-state index is 11.8. The molecule has 0 saturated carbocycles. The van der Waals surface area contributed by atoms with Crippen LogP contribution in [0.25, 0.3) is 0 Å². The highest BCUT2D eigenvalue weighted by atomic mass is 16.5. The predicted molar refractivity (Wildman–Crippen MR) is 70.7 cm³/mol. The number of ether oxygens (including phenoxy) is 1. The van der Waals surface area contributed by atoms with Gasteiger partial charge in [0, 0.05) is 7.05 Å². The Morgan fingerprint density at radius 1 is 1.44 bits per heavy atom. The Balaban J connectivity index is 2.60. The highest BCUT2D eigenvalue weighted by Crippen LogP contribution is 2.20. The minimum Gasteiger partial charge on any atom is -0.483 e. The molecule has 0 aliphatic rings. The van der Waals surface area contributed by atoms with Gasteiger partial charge in [0.05, 0.1) is 12.6 Å². The summed E-state index contributed by atoms with van der Waals surface area (Å²) in [6.45, 7) is 5.70. The molecule has 0 spiro atoms. The maximum Gasteiger partial charge on any atom is 0.260 e. The molecule has 0 aliphatic carbocycles. The maximum absolute atomic E-state index is 11.8. The highest BCUT2D eigenvalue weighted by molar-refractivity contribution is 5.77. The number of aryl methyl sites for hydroxylation is 1. The Labute approximate surface area is 108 Å². The molecular formula is C14H21NO3. The first-order valence-corrected chi connectivity index (χ1v) is 6.03. The van der Waals surface area contributed by atoms with E-state index in [4.69, 9.17) is 9.84 Å². The lowest BCUT2D eigenvalue weighted by Crippen LogP contribution is -2.40. The first-order chi connectivity index (χ1) is 8.47. The molecule has 4 heteroatoms. The van der Waals surface area contributed by atoms with Gasteiger partial charge in [-0.15, -0.1) is 0 Å². The van der Waals surface area contributed by atoms with Crippen molar-refractivity contribution in [2.45, 2.75) is 26.8 Å². The van der Waals surface area contributed by atoms with Gasteiger partial charge in [0.25, 0.3) is 5.91 Å². The summed E-state index contributed by atoms with van der Waals surface area (Å²) in [6, 6.07) is 5.57. The fraction of sp³-hybridized carbons (Fsp3) is 0.500. The number of benzene rings is 1. The minimum atomic E-state index is -0.195. The fourth-order valence-corrected chi connectivity index (χ4v) is 1.49. The van der Waals surface area contributed by atoms with Gasteiger partial charge in [-0.3, -0.25) is 4.79 Å². The zero-order valence-electron chi connectivity index (χ0n) is 11.4. The fourth-order valence-electron chi connectivity index (χ4n) is 1.49. The second kappa shape index (κ2) is 6.40. The first-order valence-electron chi connectivity index (χ1n) is 6.03. The molecule has 1 amide bonds. The number of carbonyl (C=O) groups is 1. The lowest BCUT2D eigenvalue weighted by Gasteiger charge is -2.23. The van der Waals surface area contributed by atoms with Crippen molar-refractivity contribution < 1.29 is 14.6 Å². The smallest absolute Gasteiger partial charge is 0.260 e. The van der Waals surface area contributed by atoms with Gasteiger partial charge in [-0.2, -0.15) is 0 Å². The molecule has 1 unspecified atom stereocenters. The lowest BCUT2D eigenvalue weighted by atomic mass is 10.1. The molecule has 0 saturated heterocycles. The van der Waals surface area contributed by atoms with Crippen LogP contribution in [0.2, 0.25) is 0 Å². The zero-order chi connectivity index (χ0) is 13.7. The van der Waals surface area contributed by atoms with E-state index in [1.54, 1.807) is 14.0 Å². The number of likely N-dealkylation sites (N-methyl/N-ethyl adjacent to an activating group) is 1. The molecule has 0 aromatic heterocycles. The predicted octanol–water partition coefficient (Wildman–Crippen LogP) is 1.52. The molecule has 1 aromatic rings. The van der Waals surface area contributed by atoms with Crippen LogP contribution in [0.15, 0.2) is 18.2 Å². The van der Waals surface area contributed by atoms with E-state index < -0.39 is 0 Å². The molecule has 1 atom stereocenters. The number of carbonyl (C=O) groups excluding carboxylic acids is 1. The van der Waals surface area contributed by atoms with E-state index in [2.05, 4.69) is 0 Å². The Morgan fingerprint density at radius 3 is 2.72 bits per heavy atom. The van der Waals surface area contributed by atoms with E-state index in [1.165, 1.54) is 4.90 Å². The average Bonchev–Trinajstić information content (AvgIpc) is 2.38. The molecule has 0 aliphatic heterocycles. The molecule has 1 N–H and O–H groups in total. The molecular weight excluding hydrogens is 230 g/mol. The van der Waals surface area contributed by atoms with Crippen molar-refractivity contribution in [2.24, 2.45) is 0 Å². The van der Waals surface area contributed by atoms with Crippen LogP contribution in [0, 0.1) is 13.8 Å². The average molecular weight is 251 g/mol. The molecule has 4 nitrogen and oxygen atoms in total. The van der Waals surface area contributed by atoms with Crippen LogP contribution in [-0.4, -0.2) is 42.2 Å². The standard InChI is InChI=1S/C14H21NO3/c1-10-6-5-7-13(12(10)3)18-9-14(17)15(4)11(2)8-16/h5-7,11,16H,8-9H2,1-4H3. The number of aliphatic hydroxyl groups excluding tert-OH is 1. The number of hydrogen-bond acceptors (Lipinski definition) is 3. The summed E-state index contributed by atoms with van der Waals surface area (Å²) in [5.41, 5.74) is 2.18. The van der Waals surface area contributed by atoms with Crippen LogP contribution >= 0.6 is 0 Å². The summed E-state index contributed by atoms with van der Waals surface area (Å²) in [7, 11) is 1.66. The molecule has 1 aromatic carbocycles. The van der Waals surface area contributed by atoms with E-state index in [0.717, 1.165) is 16.9 Å². The van der Waals surface area contributed by atoms with Crippen LogP contribution in [-0.2, 0) is 4.79 Å². The highest BCUT2D eigenvalue weighted by Gasteiger charge is 2.15. The number of nitrogens with zero attached hydrogens (tertiary/aromatic N) is 1. The SMILES string of the molecule is Cc1cccc(OCC(=O)N(C)C(C)CO)c1C. The molecule has 1 rings (SSSR count).